The quantitative estimate of drug-likeness (QED) is 0.195. The number of carbonyl (C=O) groups excluding carboxylic acids is 5. The molecule has 0 bridgehead atoms. The van der Waals surface area contributed by atoms with E-state index in [1.165, 1.54) is 6.92 Å². The zero-order valence-electron chi connectivity index (χ0n) is 16.3. The third-order valence-electron chi connectivity index (χ3n) is 4.29. The van der Waals surface area contributed by atoms with Gasteiger partial charge in [0.2, 0.25) is 29.5 Å². The molecule has 5 amide bonds. The van der Waals surface area contributed by atoms with Gasteiger partial charge in [-0.1, -0.05) is 0 Å². The third kappa shape index (κ3) is 7.83. The van der Waals surface area contributed by atoms with Crippen molar-refractivity contribution in [2.45, 2.75) is 56.8 Å². The number of carbonyl (C=O) groups is 6. The lowest BCUT2D eigenvalue weighted by Gasteiger charge is -2.28. The monoisotopic (exact) mass is 450 g/mol. The zero-order chi connectivity index (χ0) is 22.3. The first-order valence-corrected chi connectivity index (χ1v) is 8.90. The molecule has 14 heteroatoms. The van der Waals surface area contributed by atoms with Crippen molar-refractivity contribution in [3.05, 3.63) is 0 Å². The van der Waals surface area contributed by atoms with Crippen LogP contribution in [0.15, 0.2) is 0 Å². The van der Waals surface area contributed by atoms with E-state index in [-0.39, 0.29) is 25.4 Å². The normalized spacial score (nSPS) is 18.3. The zero-order valence-corrected chi connectivity index (χ0v) is 17.1. The first-order valence-electron chi connectivity index (χ1n) is 8.90. The molecule has 4 atom stereocenters. The lowest BCUT2D eigenvalue weighted by atomic mass is 10.1. The molecular formula is C16H27ClN6O7. The Morgan fingerprint density at radius 2 is 1.50 bits per heavy atom. The minimum absolute atomic E-state index is 0. The Hall–Kier alpha value is -2.93. The molecule has 1 aliphatic rings. The molecule has 1 saturated heterocycles. The van der Waals surface area contributed by atoms with Crippen LogP contribution in [0.1, 0.15) is 32.6 Å². The molecule has 0 spiro atoms. The highest BCUT2D eigenvalue weighted by atomic mass is 35.5. The van der Waals surface area contributed by atoms with Gasteiger partial charge in [0.05, 0.1) is 18.9 Å². The summed E-state index contributed by atoms with van der Waals surface area (Å²) in [6.45, 7) is 1.49. The first-order chi connectivity index (χ1) is 13.4. The molecule has 30 heavy (non-hydrogen) atoms. The lowest BCUT2D eigenvalue weighted by Crippen LogP contribution is -2.58. The van der Waals surface area contributed by atoms with Gasteiger partial charge in [-0.05, 0) is 19.8 Å². The van der Waals surface area contributed by atoms with E-state index in [0.29, 0.717) is 6.42 Å². The second kappa shape index (κ2) is 11.9. The van der Waals surface area contributed by atoms with E-state index >= 15 is 0 Å². The second-order valence-electron chi connectivity index (χ2n) is 6.78. The van der Waals surface area contributed by atoms with Crippen LogP contribution in [-0.4, -0.2) is 76.2 Å². The number of hydrogen-bond acceptors (Lipinski definition) is 7. The molecule has 0 radical (unpaired) electrons. The fourth-order valence-corrected chi connectivity index (χ4v) is 2.87. The summed E-state index contributed by atoms with van der Waals surface area (Å²) in [5, 5.41) is 13.7. The van der Waals surface area contributed by atoms with E-state index in [2.05, 4.69) is 10.6 Å². The topological polar surface area (TPSA) is 228 Å². The molecular weight excluding hydrogens is 424 g/mol. The summed E-state index contributed by atoms with van der Waals surface area (Å²) in [7, 11) is 0. The van der Waals surface area contributed by atoms with Gasteiger partial charge in [0.1, 0.15) is 18.1 Å². The summed E-state index contributed by atoms with van der Waals surface area (Å²) in [4.78, 5) is 72.0. The van der Waals surface area contributed by atoms with Gasteiger partial charge in [0.15, 0.2) is 0 Å². The van der Waals surface area contributed by atoms with Crippen molar-refractivity contribution in [3.63, 3.8) is 0 Å². The molecule has 0 unspecified atom stereocenters. The number of nitrogens with two attached hydrogens (primary N) is 3. The number of hydrogen-bond donors (Lipinski definition) is 6. The van der Waals surface area contributed by atoms with Crippen LogP contribution in [0.3, 0.4) is 0 Å². The largest absolute Gasteiger partial charge is 0.480 e. The van der Waals surface area contributed by atoms with E-state index in [1.807, 2.05) is 0 Å². The highest BCUT2D eigenvalue weighted by Crippen LogP contribution is 2.19. The second-order valence-corrected chi connectivity index (χ2v) is 6.78. The number of halogens is 1. The summed E-state index contributed by atoms with van der Waals surface area (Å²) < 4.78 is 0. The summed E-state index contributed by atoms with van der Waals surface area (Å²) in [6.07, 6.45) is -0.511. The van der Waals surface area contributed by atoms with Crippen LogP contribution in [-0.2, 0) is 28.8 Å². The molecule has 1 aliphatic heterocycles. The summed E-state index contributed by atoms with van der Waals surface area (Å²) >= 11 is 0. The van der Waals surface area contributed by atoms with Crippen molar-refractivity contribution in [2.75, 3.05) is 6.54 Å². The molecule has 13 nitrogen and oxygen atoms in total. The Morgan fingerprint density at radius 3 is 1.97 bits per heavy atom. The SMILES string of the molecule is C[C@H](N)C(=O)N[C@@H](CC(N)=O)C(=O)N[C@@H](CC(N)=O)C(=O)N1CCC[C@H]1C(=O)O.Cl. The first kappa shape index (κ1) is 27.1. The number of carboxylic acid groups (broad SMARTS) is 1. The smallest absolute Gasteiger partial charge is 0.326 e. The van der Waals surface area contributed by atoms with E-state index < -0.39 is 72.5 Å². The molecule has 1 fully saturated rings. The summed E-state index contributed by atoms with van der Waals surface area (Å²) in [5.74, 6) is -5.55. The van der Waals surface area contributed by atoms with Gasteiger partial charge in [-0.15, -0.1) is 12.4 Å². The van der Waals surface area contributed by atoms with Crippen molar-refractivity contribution in [1.29, 1.82) is 0 Å². The van der Waals surface area contributed by atoms with Crippen LogP contribution in [0.5, 0.6) is 0 Å². The van der Waals surface area contributed by atoms with Crippen molar-refractivity contribution in [1.82, 2.24) is 15.5 Å². The fourth-order valence-electron chi connectivity index (χ4n) is 2.87. The molecule has 1 rings (SSSR count). The minimum Gasteiger partial charge on any atom is -0.480 e. The van der Waals surface area contributed by atoms with Crippen LogP contribution in [0.4, 0.5) is 0 Å². The van der Waals surface area contributed by atoms with Gasteiger partial charge in [0, 0.05) is 6.54 Å². The number of rotatable bonds is 10. The van der Waals surface area contributed by atoms with Crippen molar-refractivity contribution in [3.8, 4) is 0 Å². The van der Waals surface area contributed by atoms with Crippen LogP contribution in [0.25, 0.3) is 0 Å². The standard InChI is InChI=1S/C16H26N6O7.ClH/c1-7(17)13(25)20-8(5-11(18)23)14(26)21-9(6-12(19)24)15(27)22-4-2-3-10(22)16(28)29;/h7-10H,2-6,17H2,1H3,(H2,18,23)(H2,19,24)(H,20,25)(H,21,26)(H,28,29);1H/t7-,8-,9-,10-;/m0./s1. The van der Waals surface area contributed by atoms with Crippen LogP contribution in [0, 0.1) is 0 Å². The van der Waals surface area contributed by atoms with Gasteiger partial charge in [0.25, 0.3) is 0 Å². The Kier molecular flexibility index (Phi) is 10.8. The number of aliphatic carboxylic acids is 1. The molecule has 0 saturated carbocycles. The van der Waals surface area contributed by atoms with Gasteiger partial charge < -0.3 is 37.8 Å². The predicted molar refractivity (Wildman–Crippen MR) is 105 cm³/mol. The lowest BCUT2D eigenvalue weighted by molar-refractivity contribution is -0.149. The van der Waals surface area contributed by atoms with Gasteiger partial charge in [-0.3, -0.25) is 24.0 Å². The third-order valence-corrected chi connectivity index (χ3v) is 4.29. The number of nitrogens with one attached hydrogen (secondary N) is 2. The summed E-state index contributed by atoms with van der Waals surface area (Å²) in [5.41, 5.74) is 15.6. The maximum Gasteiger partial charge on any atom is 0.326 e. The van der Waals surface area contributed by atoms with Crippen LogP contribution < -0.4 is 27.8 Å². The number of nitrogens with zero attached hydrogens (tertiary/aromatic N) is 1. The van der Waals surface area contributed by atoms with E-state index in [1.54, 1.807) is 0 Å². The molecule has 0 aliphatic carbocycles. The molecule has 0 aromatic rings. The Balaban J connectivity index is 0.00000841. The highest BCUT2D eigenvalue weighted by molar-refractivity contribution is 5.97. The Morgan fingerprint density at radius 1 is 1.00 bits per heavy atom. The van der Waals surface area contributed by atoms with Gasteiger partial charge in [-0.2, -0.15) is 0 Å². The minimum atomic E-state index is -1.47. The van der Waals surface area contributed by atoms with E-state index in [9.17, 15) is 33.9 Å². The van der Waals surface area contributed by atoms with Crippen molar-refractivity contribution < 1.29 is 33.9 Å². The van der Waals surface area contributed by atoms with Gasteiger partial charge >= 0.3 is 5.97 Å². The van der Waals surface area contributed by atoms with Crippen LogP contribution in [0.2, 0.25) is 0 Å². The number of likely N-dealkylation sites (tertiary alicyclic amines) is 1. The average molecular weight is 451 g/mol. The Labute approximate surface area is 178 Å². The predicted octanol–water partition coefficient (Wildman–Crippen LogP) is -3.45. The molecule has 1 heterocycles. The molecule has 170 valence electrons. The Bertz CT molecular complexity index is 702. The van der Waals surface area contributed by atoms with Crippen molar-refractivity contribution >= 4 is 47.9 Å². The maximum atomic E-state index is 12.7. The van der Waals surface area contributed by atoms with Crippen LogP contribution >= 0.6 is 12.4 Å². The number of primary amides is 2. The average Bonchev–Trinajstić information content (AvgIpc) is 3.08. The fraction of sp³-hybridized carbons (Fsp3) is 0.625. The van der Waals surface area contributed by atoms with E-state index in [0.717, 1.165) is 4.90 Å². The molecule has 0 aromatic carbocycles. The highest BCUT2D eigenvalue weighted by Gasteiger charge is 2.39. The molecule has 0 aromatic heterocycles. The number of amides is 5. The van der Waals surface area contributed by atoms with E-state index in [4.69, 9.17) is 17.2 Å². The van der Waals surface area contributed by atoms with Crippen molar-refractivity contribution in [2.24, 2.45) is 17.2 Å². The molecule has 9 N–H and O–H groups in total. The number of carboxylic acids is 1. The van der Waals surface area contributed by atoms with Gasteiger partial charge in [-0.25, -0.2) is 4.79 Å². The maximum absolute atomic E-state index is 12.7. The summed E-state index contributed by atoms with van der Waals surface area (Å²) in [6, 6.07) is -4.98.